The van der Waals surface area contributed by atoms with Crippen LogP contribution in [0, 0.1) is 11.5 Å². The Morgan fingerprint density at radius 3 is 2.31 bits per heavy atom. The lowest BCUT2D eigenvalue weighted by Crippen LogP contribution is -2.27. The SMILES string of the molecule is CC(C)(C)OC(=O)n1nc(C#C[Si](C)(C)C)c2ccc(C(F)(F)F)cc21. The fraction of sp³-hybridized carbons (Fsp3) is 0.444. The normalized spacial score (nSPS) is 12.7. The summed E-state index contributed by atoms with van der Waals surface area (Å²) < 4.78 is 45.3. The molecule has 0 N–H and O–H groups in total. The van der Waals surface area contributed by atoms with Crippen LogP contribution in [-0.2, 0) is 10.9 Å². The number of alkyl halides is 3. The van der Waals surface area contributed by atoms with Crippen LogP contribution in [0.25, 0.3) is 10.9 Å². The Kier molecular flexibility index (Phi) is 4.99. The molecule has 0 saturated carbocycles. The fourth-order valence-corrected chi connectivity index (χ4v) is 2.57. The molecule has 26 heavy (non-hydrogen) atoms. The lowest BCUT2D eigenvalue weighted by Gasteiger charge is -2.19. The summed E-state index contributed by atoms with van der Waals surface area (Å²) >= 11 is 0. The van der Waals surface area contributed by atoms with Crippen LogP contribution in [0.4, 0.5) is 18.0 Å². The lowest BCUT2D eigenvalue weighted by atomic mass is 10.1. The van der Waals surface area contributed by atoms with Crippen LogP contribution < -0.4 is 0 Å². The molecule has 1 aromatic carbocycles. The second-order valence-corrected chi connectivity index (χ2v) is 12.7. The molecule has 0 atom stereocenters. The number of hydrogen-bond donors (Lipinski definition) is 0. The van der Waals surface area contributed by atoms with Crippen LogP contribution in [0.1, 0.15) is 32.0 Å². The minimum atomic E-state index is -4.53. The van der Waals surface area contributed by atoms with Crippen molar-refractivity contribution in [2.75, 3.05) is 0 Å². The molecule has 0 aliphatic carbocycles. The van der Waals surface area contributed by atoms with E-state index in [1.165, 1.54) is 6.07 Å². The van der Waals surface area contributed by atoms with Gasteiger partial charge in [0.05, 0.1) is 11.1 Å². The van der Waals surface area contributed by atoms with Crippen molar-refractivity contribution in [3.63, 3.8) is 0 Å². The molecule has 4 nitrogen and oxygen atoms in total. The number of benzene rings is 1. The Hall–Kier alpha value is -2.27. The zero-order valence-electron chi connectivity index (χ0n) is 15.6. The molecule has 8 heteroatoms. The minimum absolute atomic E-state index is 0.0222. The summed E-state index contributed by atoms with van der Waals surface area (Å²) in [7, 11) is -1.73. The van der Waals surface area contributed by atoms with E-state index < -0.39 is 31.5 Å². The summed E-state index contributed by atoms with van der Waals surface area (Å²) in [6.45, 7) is 11.1. The van der Waals surface area contributed by atoms with Gasteiger partial charge in [-0.2, -0.15) is 23.0 Å². The highest BCUT2D eigenvalue weighted by Crippen LogP contribution is 2.32. The molecule has 1 aromatic heterocycles. The summed E-state index contributed by atoms with van der Waals surface area (Å²) in [6.07, 6.45) is -5.37. The third-order valence-corrected chi connectivity index (χ3v) is 4.01. The van der Waals surface area contributed by atoms with Gasteiger partial charge in [0.15, 0.2) is 0 Å². The molecule has 0 radical (unpaired) electrons. The standard InChI is InChI=1S/C18H21F3N2O2Si/c1-17(2,3)25-16(24)23-15-11-12(18(19,20)21)7-8-13(15)14(22-23)9-10-26(4,5)6/h7-8,11H,1-6H3. The quantitative estimate of drug-likeness (QED) is 0.472. The van der Waals surface area contributed by atoms with Gasteiger partial charge in [-0.1, -0.05) is 25.6 Å². The van der Waals surface area contributed by atoms with E-state index in [4.69, 9.17) is 4.74 Å². The van der Waals surface area contributed by atoms with Crippen LogP contribution in [-0.4, -0.2) is 29.5 Å². The Bertz CT molecular complexity index is 907. The average Bonchev–Trinajstić information content (AvgIpc) is 2.79. The van der Waals surface area contributed by atoms with Gasteiger partial charge in [-0.3, -0.25) is 0 Å². The van der Waals surface area contributed by atoms with Crippen LogP contribution in [0.3, 0.4) is 0 Å². The molecule has 0 aliphatic rings. The van der Waals surface area contributed by atoms with Gasteiger partial charge >= 0.3 is 12.3 Å². The van der Waals surface area contributed by atoms with Gasteiger partial charge in [0.25, 0.3) is 0 Å². The molecule has 2 rings (SSSR count). The van der Waals surface area contributed by atoms with Crippen molar-refractivity contribution in [2.45, 2.75) is 52.2 Å². The highest BCUT2D eigenvalue weighted by Gasteiger charge is 2.32. The number of hydrogen-bond acceptors (Lipinski definition) is 3. The third kappa shape index (κ3) is 4.88. The Labute approximate surface area is 151 Å². The zero-order valence-corrected chi connectivity index (χ0v) is 16.6. The van der Waals surface area contributed by atoms with E-state index in [2.05, 4.69) is 16.6 Å². The molecule has 2 aromatic rings. The molecule has 0 spiro atoms. The van der Waals surface area contributed by atoms with Gasteiger partial charge in [-0.25, -0.2) is 4.79 Å². The van der Waals surface area contributed by atoms with E-state index in [0.29, 0.717) is 5.39 Å². The predicted molar refractivity (Wildman–Crippen MR) is 96.6 cm³/mol. The molecule has 0 aliphatic heterocycles. The van der Waals surface area contributed by atoms with Gasteiger partial charge in [0.1, 0.15) is 19.4 Å². The highest BCUT2D eigenvalue weighted by molar-refractivity contribution is 6.83. The van der Waals surface area contributed by atoms with Gasteiger partial charge in [0.2, 0.25) is 0 Å². The zero-order chi connectivity index (χ0) is 19.9. The average molecular weight is 382 g/mol. The van der Waals surface area contributed by atoms with Crippen LogP contribution in [0.2, 0.25) is 19.6 Å². The molecule has 0 unspecified atom stereocenters. The minimum Gasteiger partial charge on any atom is -0.442 e. The predicted octanol–water partition coefficient (Wildman–Crippen LogP) is 5.07. The smallest absolute Gasteiger partial charge is 0.435 e. The molecule has 0 saturated heterocycles. The molecule has 0 bridgehead atoms. The van der Waals surface area contributed by atoms with E-state index >= 15 is 0 Å². The largest absolute Gasteiger partial charge is 0.442 e. The molecule has 140 valence electrons. The van der Waals surface area contributed by atoms with E-state index in [1.54, 1.807) is 20.8 Å². The van der Waals surface area contributed by atoms with Crippen molar-refractivity contribution in [2.24, 2.45) is 0 Å². The third-order valence-electron chi connectivity index (χ3n) is 3.13. The van der Waals surface area contributed by atoms with Crippen molar-refractivity contribution in [1.82, 2.24) is 9.78 Å². The number of rotatable bonds is 0. The number of nitrogens with zero attached hydrogens (tertiary/aromatic N) is 2. The molecule has 0 amide bonds. The van der Waals surface area contributed by atoms with E-state index in [1.807, 2.05) is 19.6 Å². The van der Waals surface area contributed by atoms with Crippen molar-refractivity contribution in [1.29, 1.82) is 0 Å². The maximum atomic E-state index is 13.1. The number of aromatic nitrogens is 2. The monoisotopic (exact) mass is 382 g/mol. The summed E-state index contributed by atoms with van der Waals surface area (Å²) in [6, 6.07) is 3.15. The van der Waals surface area contributed by atoms with Crippen LogP contribution >= 0.6 is 0 Å². The Morgan fingerprint density at radius 1 is 1.19 bits per heavy atom. The second-order valence-electron chi connectivity index (χ2n) is 7.97. The lowest BCUT2D eigenvalue weighted by molar-refractivity contribution is -0.137. The van der Waals surface area contributed by atoms with Gasteiger partial charge in [-0.05, 0) is 39.0 Å². The first-order chi connectivity index (χ1) is 11.7. The summed E-state index contributed by atoms with van der Waals surface area (Å²) in [5.74, 6) is 2.91. The number of fused-ring (bicyclic) bond motifs is 1. The molecule has 1 heterocycles. The van der Waals surface area contributed by atoms with Crippen molar-refractivity contribution in [3.8, 4) is 11.5 Å². The number of carbonyl (C=O) groups excluding carboxylic acids is 1. The number of ether oxygens (including phenoxy) is 1. The summed E-state index contributed by atoms with van der Waals surface area (Å²) in [4.78, 5) is 12.4. The van der Waals surface area contributed by atoms with E-state index in [-0.39, 0.29) is 11.2 Å². The van der Waals surface area contributed by atoms with E-state index in [9.17, 15) is 18.0 Å². The maximum absolute atomic E-state index is 13.1. The number of carbonyl (C=O) groups is 1. The van der Waals surface area contributed by atoms with Gasteiger partial charge in [0, 0.05) is 5.39 Å². The Morgan fingerprint density at radius 2 is 1.81 bits per heavy atom. The Balaban J connectivity index is 2.68. The van der Waals surface area contributed by atoms with E-state index in [0.717, 1.165) is 16.8 Å². The summed E-state index contributed by atoms with van der Waals surface area (Å²) in [5, 5.41) is 4.51. The first kappa shape index (κ1) is 20.0. The molecular weight excluding hydrogens is 361 g/mol. The maximum Gasteiger partial charge on any atom is 0.435 e. The summed E-state index contributed by atoms with van der Waals surface area (Å²) in [5.41, 5.74) is 1.74. The second kappa shape index (κ2) is 6.47. The molecule has 0 fully saturated rings. The van der Waals surface area contributed by atoms with Crippen molar-refractivity contribution < 1.29 is 22.7 Å². The first-order valence-electron chi connectivity index (χ1n) is 8.04. The topological polar surface area (TPSA) is 44.1 Å². The fourth-order valence-electron chi connectivity index (χ4n) is 2.07. The first-order valence-corrected chi connectivity index (χ1v) is 11.5. The van der Waals surface area contributed by atoms with Crippen molar-refractivity contribution in [3.05, 3.63) is 29.5 Å². The van der Waals surface area contributed by atoms with Crippen LogP contribution in [0.15, 0.2) is 18.2 Å². The highest BCUT2D eigenvalue weighted by atomic mass is 28.3. The van der Waals surface area contributed by atoms with Crippen LogP contribution in [0.5, 0.6) is 0 Å². The van der Waals surface area contributed by atoms with Crippen molar-refractivity contribution >= 4 is 25.1 Å². The molecular formula is C18H21F3N2O2Si. The van der Waals surface area contributed by atoms with Gasteiger partial charge in [-0.15, -0.1) is 5.54 Å². The number of halogens is 3. The van der Waals surface area contributed by atoms with Gasteiger partial charge < -0.3 is 4.74 Å².